The Morgan fingerprint density at radius 3 is 0.774 bits per heavy atom. The predicted molar refractivity (Wildman–Crippen MR) is 71.5 cm³/mol. The molecule has 0 saturated carbocycles. The summed E-state index contributed by atoms with van der Waals surface area (Å²) in [6, 6.07) is 0. The molecule has 0 atom stereocenters. The number of rotatable bonds is 11. The van der Waals surface area contributed by atoms with Gasteiger partial charge in [0.25, 0.3) is 0 Å². The fourth-order valence-electron chi connectivity index (χ4n) is 1.31. The Hall–Kier alpha value is -0.750. The van der Waals surface area contributed by atoms with Crippen LogP contribution in [0, 0.1) is 0 Å². The molecule has 20 heteroatoms. The Morgan fingerprint density at radius 2 is 0.613 bits per heavy atom. The van der Waals surface area contributed by atoms with E-state index in [9.17, 15) is 61.5 Å². The first-order valence-electron chi connectivity index (χ1n) is 7.27. The van der Waals surface area contributed by atoms with E-state index >= 15 is 0 Å². The summed E-state index contributed by atoms with van der Waals surface area (Å²) in [5.41, 5.74) is 0. The standard InChI is InChI=1S/C11H13F14O5P/c1-7(12,13)2-26-31(27-3-8(14,15)16,28-4-9(17,18)19,29-5-10(20,21)22)30-6-11(23,24)25/h2-6H2,1H3. The fourth-order valence-corrected chi connectivity index (χ4v) is 3.92. The van der Waals surface area contributed by atoms with E-state index in [-0.39, 0.29) is 6.92 Å². The second kappa shape index (κ2) is 9.62. The number of hydrogen-bond donors (Lipinski definition) is 0. The third kappa shape index (κ3) is 14.1. The van der Waals surface area contributed by atoms with Crippen LogP contribution in [-0.4, -0.2) is 63.7 Å². The third-order valence-corrected chi connectivity index (χ3v) is 5.04. The molecule has 0 fully saturated rings. The first kappa shape index (κ1) is 30.2. The third-order valence-electron chi connectivity index (χ3n) is 2.28. The first-order valence-corrected chi connectivity index (χ1v) is 9.10. The van der Waals surface area contributed by atoms with E-state index in [0.717, 1.165) is 0 Å². The van der Waals surface area contributed by atoms with Crippen LogP contribution >= 0.6 is 7.74 Å². The van der Waals surface area contributed by atoms with Gasteiger partial charge in [0.05, 0.1) is 0 Å². The minimum atomic E-state index is -7.76. The zero-order valence-electron chi connectivity index (χ0n) is 14.8. The van der Waals surface area contributed by atoms with Crippen molar-refractivity contribution < 1.29 is 84.1 Å². The molecule has 0 aromatic carbocycles. The maximum absolute atomic E-state index is 13.1. The molecule has 0 radical (unpaired) electrons. The van der Waals surface area contributed by atoms with Crippen LogP contribution < -0.4 is 0 Å². The second-order valence-electron chi connectivity index (χ2n) is 5.64. The molecule has 0 unspecified atom stereocenters. The zero-order chi connectivity index (χ0) is 25.0. The molecule has 5 nitrogen and oxygen atoms in total. The normalized spacial score (nSPS) is 16.3. The molecule has 0 saturated heterocycles. The average Bonchev–Trinajstić information content (AvgIpc) is 2.49. The van der Waals surface area contributed by atoms with Crippen LogP contribution in [0.3, 0.4) is 0 Å². The van der Waals surface area contributed by atoms with Crippen LogP contribution in [0.15, 0.2) is 0 Å². The van der Waals surface area contributed by atoms with E-state index in [2.05, 4.69) is 22.6 Å². The monoisotopic (exact) mass is 522 g/mol. The minimum absolute atomic E-state index is 0.0977. The zero-order valence-corrected chi connectivity index (χ0v) is 15.7. The van der Waals surface area contributed by atoms with Gasteiger partial charge in [-0.1, -0.05) is 0 Å². The van der Waals surface area contributed by atoms with Crippen molar-refractivity contribution in [3.8, 4) is 0 Å². The van der Waals surface area contributed by atoms with Crippen molar-refractivity contribution >= 4 is 7.74 Å². The summed E-state index contributed by atoms with van der Waals surface area (Å²) in [5.74, 6) is -4.24. The van der Waals surface area contributed by atoms with Gasteiger partial charge in [0.15, 0.2) is 0 Å². The van der Waals surface area contributed by atoms with Crippen LogP contribution in [0.5, 0.6) is 0 Å². The molecule has 0 N–H and O–H groups in total. The topological polar surface area (TPSA) is 46.2 Å². The molecule has 0 amide bonds. The summed E-state index contributed by atoms with van der Waals surface area (Å²) in [6.07, 6.45) is -22.6. The maximum atomic E-state index is 13.1. The van der Waals surface area contributed by atoms with Gasteiger partial charge in [0.2, 0.25) is 0 Å². The van der Waals surface area contributed by atoms with Crippen LogP contribution in [-0.2, 0) is 22.6 Å². The Balaban J connectivity index is 6.53. The Bertz CT molecular complexity index is 441. The molecule has 0 rings (SSSR count). The summed E-state index contributed by atoms with van der Waals surface area (Å²) in [4.78, 5) is 0. The first-order chi connectivity index (χ1) is 13.3. The SMILES string of the molecule is CC(F)(F)COP(OCC(F)(F)F)(OCC(F)(F)F)(OCC(F)(F)F)OCC(F)(F)F. The van der Waals surface area contributed by atoms with Gasteiger partial charge in [-0.05, 0) is 0 Å². The van der Waals surface area contributed by atoms with Crippen LogP contribution in [0.2, 0.25) is 0 Å². The van der Waals surface area contributed by atoms with Gasteiger partial charge < -0.3 is 0 Å². The van der Waals surface area contributed by atoms with Crippen LogP contribution in [0.1, 0.15) is 6.92 Å². The summed E-state index contributed by atoms with van der Waals surface area (Å²) < 4.78 is 195. The Morgan fingerprint density at radius 1 is 0.419 bits per heavy atom. The molecule has 0 aliphatic carbocycles. The molecular formula is C11H13F14O5P. The van der Waals surface area contributed by atoms with Crippen molar-refractivity contribution in [3.63, 3.8) is 0 Å². The van der Waals surface area contributed by atoms with Crippen LogP contribution in [0.25, 0.3) is 0 Å². The van der Waals surface area contributed by atoms with Crippen molar-refractivity contribution in [2.45, 2.75) is 37.6 Å². The van der Waals surface area contributed by atoms with Gasteiger partial charge in [-0.25, -0.2) is 0 Å². The molecule has 0 bridgehead atoms. The van der Waals surface area contributed by atoms with E-state index in [4.69, 9.17) is 0 Å². The molecule has 190 valence electrons. The number of alkyl halides is 14. The molecule has 0 aliphatic rings. The Labute approximate surface area is 163 Å². The molecule has 31 heavy (non-hydrogen) atoms. The average molecular weight is 522 g/mol. The van der Waals surface area contributed by atoms with Gasteiger partial charge in [0, 0.05) is 0 Å². The van der Waals surface area contributed by atoms with Crippen molar-refractivity contribution in [2.75, 3.05) is 33.0 Å². The van der Waals surface area contributed by atoms with E-state index in [1.807, 2.05) is 0 Å². The van der Waals surface area contributed by atoms with Crippen LogP contribution in [0.4, 0.5) is 61.5 Å². The molecular weight excluding hydrogens is 509 g/mol. The van der Waals surface area contributed by atoms with E-state index in [1.165, 1.54) is 0 Å². The quantitative estimate of drug-likeness (QED) is 0.243. The van der Waals surface area contributed by atoms with Gasteiger partial charge in [0.1, 0.15) is 0 Å². The van der Waals surface area contributed by atoms with E-state index in [0.29, 0.717) is 0 Å². The van der Waals surface area contributed by atoms with Crippen molar-refractivity contribution in [2.24, 2.45) is 0 Å². The summed E-state index contributed by atoms with van der Waals surface area (Å²) in [6.45, 7) is -14.3. The van der Waals surface area contributed by atoms with Crippen molar-refractivity contribution in [1.82, 2.24) is 0 Å². The summed E-state index contributed by atoms with van der Waals surface area (Å²) in [5, 5.41) is 0. The Kier molecular flexibility index (Phi) is 9.39. The molecule has 0 aliphatic heterocycles. The summed E-state index contributed by atoms with van der Waals surface area (Å²) >= 11 is 0. The molecule has 0 aromatic rings. The number of halogens is 14. The molecule has 0 aromatic heterocycles. The van der Waals surface area contributed by atoms with Gasteiger partial charge in [-0.3, -0.25) is 0 Å². The molecule has 0 heterocycles. The predicted octanol–water partition coefficient (Wildman–Crippen LogP) is 6.10. The molecule has 0 spiro atoms. The van der Waals surface area contributed by atoms with E-state index < -0.39 is 71.4 Å². The number of hydrogen-bond acceptors (Lipinski definition) is 5. The summed E-state index contributed by atoms with van der Waals surface area (Å²) in [7, 11) is -7.76. The van der Waals surface area contributed by atoms with Gasteiger partial charge in [-0.2, -0.15) is 0 Å². The van der Waals surface area contributed by atoms with E-state index in [1.54, 1.807) is 0 Å². The second-order valence-corrected chi connectivity index (χ2v) is 8.43. The van der Waals surface area contributed by atoms with Gasteiger partial charge in [-0.15, -0.1) is 0 Å². The van der Waals surface area contributed by atoms with Crippen molar-refractivity contribution in [1.29, 1.82) is 0 Å². The fraction of sp³-hybridized carbons (Fsp3) is 1.00. The van der Waals surface area contributed by atoms with Gasteiger partial charge >= 0.3 is 162 Å². The van der Waals surface area contributed by atoms with Crippen molar-refractivity contribution in [3.05, 3.63) is 0 Å².